The highest BCUT2D eigenvalue weighted by molar-refractivity contribution is 6.34. The van der Waals surface area contributed by atoms with E-state index in [9.17, 15) is 4.79 Å². The Morgan fingerprint density at radius 1 is 1.24 bits per heavy atom. The molecule has 25 heavy (non-hydrogen) atoms. The van der Waals surface area contributed by atoms with Gasteiger partial charge in [0.15, 0.2) is 0 Å². The zero-order valence-electron chi connectivity index (χ0n) is 14.8. The molecule has 0 heterocycles. The zero-order valence-corrected chi connectivity index (χ0v) is 16.3. The minimum absolute atomic E-state index is 0. The van der Waals surface area contributed by atoms with Gasteiger partial charge >= 0.3 is 0 Å². The fraction of sp³-hybridized carbons (Fsp3) is 0.600. The third-order valence-corrected chi connectivity index (χ3v) is 6.14. The van der Waals surface area contributed by atoms with Crippen LogP contribution in [0.5, 0.6) is 0 Å². The largest absolute Gasteiger partial charge is 0.384 e. The van der Waals surface area contributed by atoms with Gasteiger partial charge in [0.25, 0.3) is 5.91 Å². The van der Waals surface area contributed by atoms with Gasteiger partial charge in [-0.3, -0.25) is 4.79 Å². The van der Waals surface area contributed by atoms with Gasteiger partial charge in [-0.05, 0) is 48.8 Å². The van der Waals surface area contributed by atoms with Crippen LogP contribution in [0.1, 0.15) is 55.3 Å². The SMILES string of the molecule is O=C(NCC12CCCC(CCC1)C2)c1cc(NCCCl)ccc1Cl.[CH2]. The molecule has 0 aromatic heterocycles. The maximum absolute atomic E-state index is 12.6. The molecule has 2 N–H and O–H groups in total. The summed E-state index contributed by atoms with van der Waals surface area (Å²) >= 11 is 11.9. The summed E-state index contributed by atoms with van der Waals surface area (Å²) in [5.74, 6) is 1.32. The van der Waals surface area contributed by atoms with Crippen molar-refractivity contribution in [3.05, 3.63) is 36.2 Å². The molecule has 3 rings (SSSR count). The molecule has 2 aliphatic carbocycles. The highest BCUT2D eigenvalue weighted by Gasteiger charge is 2.39. The third kappa shape index (κ3) is 5.04. The summed E-state index contributed by atoms with van der Waals surface area (Å²) in [5.41, 5.74) is 1.73. The van der Waals surface area contributed by atoms with Crippen molar-refractivity contribution in [2.45, 2.75) is 44.9 Å². The average molecular weight is 383 g/mol. The average Bonchev–Trinajstić information content (AvgIpc) is 2.59. The van der Waals surface area contributed by atoms with Crippen molar-refractivity contribution in [1.29, 1.82) is 0 Å². The topological polar surface area (TPSA) is 41.1 Å². The molecule has 0 saturated heterocycles. The fourth-order valence-corrected chi connectivity index (χ4v) is 4.73. The molecular formula is C20H28Cl2N2O. The first kappa shape index (κ1) is 20.4. The quantitative estimate of drug-likeness (QED) is 0.645. The molecule has 0 unspecified atom stereocenters. The van der Waals surface area contributed by atoms with Crippen LogP contribution in [-0.4, -0.2) is 24.9 Å². The second-order valence-electron chi connectivity index (χ2n) is 7.35. The highest BCUT2D eigenvalue weighted by atomic mass is 35.5. The third-order valence-electron chi connectivity index (χ3n) is 5.62. The molecule has 2 aliphatic rings. The summed E-state index contributed by atoms with van der Waals surface area (Å²) in [5, 5.41) is 6.84. The van der Waals surface area contributed by atoms with E-state index < -0.39 is 0 Å². The van der Waals surface area contributed by atoms with Crippen molar-refractivity contribution in [2.75, 3.05) is 24.3 Å². The van der Waals surface area contributed by atoms with E-state index in [1.54, 1.807) is 6.07 Å². The standard InChI is InChI=1S/C19H26Cl2N2O.CH2/c20-9-10-22-15-5-6-17(21)16(11-15)18(24)23-13-19-7-1-3-14(12-19)4-2-8-19;/h5-6,11,14,22H,1-4,7-10,12-13H2,(H,23,24);1H2. The monoisotopic (exact) mass is 382 g/mol. The number of fused-ring (bicyclic) bond motifs is 2. The minimum atomic E-state index is -0.0726. The van der Waals surface area contributed by atoms with E-state index in [0.29, 0.717) is 28.4 Å². The lowest BCUT2D eigenvalue weighted by Gasteiger charge is -2.45. The predicted molar refractivity (Wildman–Crippen MR) is 107 cm³/mol. The van der Waals surface area contributed by atoms with Crippen molar-refractivity contribution in [2.24, 2.45) is 11.3 Å². The highest BCUT2D eigenvalue weighted by Crippen LogP contribution is 2.48. The fourth-order valence-electron chi connectivity index (χ4n) is 4.43. The number of nitrogens with one attached hydrogen (secondary N) is 2. The Bertz CT molecular complexity index is 581. The molecule has 0 spiro atoms. The van der Waals surface area contributed by atoms with E-state index in [-0.39, 0.29) is 13.3 Å². The van der Waals surface area contributed by atoms with Crippen molar-refractivity contribution < 1.29 is 4.79 Å². The summed E-state index contributed by atoms with van der Waals surface area (Å²) < 4.78 is 0. The molecule has 2 bridgehead atoms. The summed E-state index contributed by atoms with van der Waals surface area (Å²) in [7, 11) is 0. The summed E-state index contributed by atoms with van der Waals surface area (Å²) in [6.45, 7) is 1.44. The van der Waals surface area contributed by atoms with Crippen molar-refractivity contribution in [3.8, 4) is 0 Å². The zero-order chi connectivity index (χ0) is 17.0. The lowest BCUT2D eigenvalue weighted by Crippen LogP contribution is -2.43. The Morgan fingerprint density at radius 2 is 1.96 bits per heavy atom. The Balaban J connectivity index is 0.00000225. The molecular weight excluding hydrogens is 355 g/mol. The Kier molecular flexibility index (Phi) is 7.45. The van der Waals surface area contributed by atoms with E-state index in [0.717, 1.165) is 18.2 Å². The number of amides is 1. The van der Waals surface area contributed by atoms with Crippen LogP contribution in [0.2, 0.25) is 5.02 Å². The van der Waals surface area contributed by atoms with Gasteiger partial charge in [-0.15, -0.1) is 11.6 Å². The van der Waals surface area contributed by atoms with Gasteiger partial charge in [0.2, 0.25) is 0 Å². The van der Waals surface area contributed by atoms with Gasteiger partial charge in [0.1, 0.15) is 0 Å². The normalized spacial score (nSPS) is 25.0. The van der Waals surface area contributed by atoms with Crippen LogP contribution in [0, 0.1) is 18.8 Å². The maximum atomic E-state index is 12.6. The molecule has 2 saturated carbocycles. The summed E-state index contributed by atoms with van der Waals surface area (Å²) in [4.78, 5) is 12.6. The molecule has 2 radical (unpaired) electrons. The number of hydrogen-bond acceptors (Lipinski definition) is 2. The number of hydrogen-bond donors (Lipinski definition) is 2. The molecule has 0 atom stereocenters. The minimum Gasteiger partial charge on any atom is -0.384 e. The van der Waals surface area contributed by atoms with Gasteiger partial charge < -0.3 is 10.6 Å². The van der Waals surface area contributed by atoms with Gasteiger partial charge in [0.05, 0.1) is 10.6 Å². The Hall–Kier alpha value is -0.930. The van der Waals surface area contributed by atoms with Crippen LogP contribution >= 0.6 is 23.2 Å². The maximum Gasteiger partial charge on any atom is 0.252 e. The van der Waals surface area contributed by atoms with Crippen LogP contribution in [0.15, 0.2) is 18.2 Å². The lowest BCUT2D eigenvalue weighted by molar-refractivity contribution is 0.0682. The van der Waals surface area contributed by atoms with Crippen LogP contribution in [-0.2, 0) is 0 Å². The lowest BCUT2D eigenvalue weighted by atomic mass is 9.62. The molecule has 1 aromatic carbocycles. The van der Waals surface area contributed by atoms with Gasteiger partial charge in [-0.2, -0.15) is 0 Å². The van der Waals surface area contributed by atoms with E-state index >= 15 is 0 Å². The molecule has 2 fully saturated rings. The number of anilines is 1. The van der Waals surface area contributed by atoms with Gasteiger partial charge in [-0.1, -0.05) is 44.7 Å². The van der Waals surface area contributed by atoms with Gasteiger partial charge in [0, 0.05) is 24.7 Å². The van der Waals surface area contributed by atoms with Crippen molar-refractivity contribution in [1.82, 2.24) is 5.32 Å². The second kappa shape index (κ2) is 9.14. The molecule has 1 aromatic rings. The van der Waals surface area contributed by atoms with Gasteiger partial charge in [-0.25, -0.2) is 0 Å². The van der Waals surface area contributed by atoms with Crippen LogP contribution < -0.4 is 10.6 Å². The van der Waals surface area contributed by atoms with E-state index in [2.05, 4.69) is 10.6 Å². The first-order chi connectivity index (χ1) is 11.6. The first-order valence-corrected chi connectivity index (χ1v) is 9.91. The van der Waals surface area contributed by atoms with Crippen LogP contribution in [0.4, 0.5) is 5.69 Å². The summed E-state index contributed by atoms with van der Waals surface area (Å²) in [6.07, 6.45) is 9.12. The second-order valence-corrected chi connectivity index (χ2v) is 8.13. The Labute approximate surface area is 161 Å². The van der Waals surface area contributed by atoms with E-state index in [4.69, 9.17) is 23.2 Å². The smallest absolute Gasteiger partial charge is 0.252 e. The number of benzene rings is 1. The molecule has 5 heteroatoms. The van der Waals surface area contributed by atoms with Crippen molar-refractivity contribution in [3.63, 3.8) is 0 Å². The van der Waals surface area contributed by atoms with Crippen LogP contribution in [0.25, 0.3) is 0 Å². The molecule has 0 aliphatic heterocycles. The number of alkyl halides is 1. The molecule has 138 valence electrons. The number of carbonyl (C=O) groups excluding carboxylic acids is 1. The number of rotatable bonds is 6. The van der Waals surface area contributed by atoms with E-state index in [1.807, 2.05) is 12.1 Å². The summed E-state index contributed by atoms with van der Waals surface area (Å²) in [6, 6.07) is 5.45. The number of carbonyl (C=O) groups is 1. The molecule has 3 nitrogen and oxygen atoms in total. The number of halogens is 2. The van der Waals surface area contributed by atoms with E-state index in [1.165, 1.54) is 44.9 Å². The van der Waals surface area contributed by atoms with Crippen molar-refractivity contribution >= 4 is 34.8 Å². The molecule has 1 amide bonds. The predicted octanol–water partition coefficient (Wildman–Crippen LogP) is 5.41. The Morgan fingerprint density at radius 3 is 2.64 bits per heavy atom. The first-order valence-electron chi connectivity index (χ1n) is 8.99. The van der Waals surface area contributed by atoms with Crippen LogP contribution in [0.3, 0.4) is 0 Å².